The van der Waals surface area contributed by atoms with Crippen LogP contribution in [0.4, 0.5) is 0 Å². The molecule has 4 aliphatic rings. The maximum Gasteiger partial charge on any atom is 0.302 e. The van der Waals surface area contributed by atoms with E-state index in [0.717, 1.165) is 0 Å². The van der Waals surface area contributed by atoms with Crippen molar-refractivity contribution < 1.29 is 29.3 Å². The first-order valence-corrected chi connectivity index (χ1v) is 10.2. The molecule has 4 saturated carbocycles. The van der Waals surface area contributed by atoms with Gasteiger partial charge in [-0.15, -0.1) is 0 Å². The fraction of sp³-hybridized carbons (Fsp3) is 0.773. The number of aliphatic hydroxyl groups is 2. The van der Waals surface area contributed by atoms with Crippen LogP contribution < -0.4 is 0 Å². The van der Waals surface area contributed by atoms with Crippen molar-refractivity contribution in [3.63, 3.8) is 0 Å². The minimum Gasteiger partial charge on any atom is -0.461 e. The number of esters is 1. The highest BCUT2D eigenvalue weighted by atomic mass is 16.5. The molecule has 0 aliphatic heterocycles. The summed E-state index contributed by atoms with van der Waals surface area (Å²) in [6.45, 7) is 11.0. The van der Waals surface area contributed by atoms with Crippen LogP contribution in [0.5, 0.6) is 0 Å². The zero-order valence-corrected chi connectivity index (χ0v) is 17.0. The molecule has 0 aromatic heterocycles. The van der Waals surface area contributed by atoms with Gasteiger partial charge in [-0.25, -0.2) is 0 Å². The maximum atomic E-state index is 13.3. The molecule has 1 spiro atoms. The normalized spacial score (nSPS) is 49.4. The van der Waals surface area contributed by atoms with E-state index in [1.54, 1.807) is 0 Å². The van der Waals surface area contributed by atoms with Crippen molar-refractivity contribution >= 4 is 17.5 Å². The SMILES string of the molecule is C=C1C(=O)[C@@]23[C@H](O)C[C@@H]4C(C)(C)C(=O)C[C@H](OC(C)=O)[C@@]4(C)[C@@H]2CC[C@@H]1[C@H]3O. The van der Waals surface area contributed by atoms with E-state index in [2.05, 4.69) is 6.58 Å². The van der Waals surface area contributed by atoms with Crippen LogP contribution in [0, 0.1) is 34.0 Å². The van der Waals surface area contributed by atoms with Crippen LogP contribution >= 0.6 is 0 Å². The third-order valence-electron chi connectivity index (χ3n) is 8.82. The van der Waals surface area contributed by atoms with Crippen molar-refractivity contribution in [2.75, 3.05) is 0 Å². The van der Waals surface area contributed by atoms with Crippen molar-refractivity contribution in [2.24, 2.45) is 34.0 Å². The van der Waals surface area contributed by atoms with Gasteiger partial charge in [-0.05, 0) is 36.7 Å². The topological polar surface area (TPSA) is 101 Å². The molecule has 4 rings (SSSR count). The highest BCUT2D eigenvalue weighted by molar-refractivity contribution is 6.04. The van der Waals surface area contributed by atoms with Gasteiger partial charge in [0.15, 0.2) is 5.78 Å². The number of carbonyl (C=O) groups excluding carboxylic acids is 3. The Balaban J connectivity index is 1.92. The van der Waals surface area contributed by atoms with E-state index in [1.165, 1.54) is 6.92 Å². The third-order valence-corrected chi connectivity index (χ3v) is 8.82. The summed E-state index contributed by atoms with van der Waals surface area (Å²) in [5.41, 5.74) is -2.34. The Morgan fingerprint density at radius 1 is 1.14 bits per heavy atom. The number of aliphatic hydroxyl groups excluding tert-OH is 2. The number of rotatable bonds is 1. The zero-order valence-electron chi connectivity index (χ0n) is 17.0. The Morgan fingerprint density at radius 3 is 2.39 bits per heavy atom. The van der Waals surface area contributed by atoms with E-state index in [-0.39, 0.29) is 42.2 Å². The van der Waals surface area contributed by atoms with E-state index in [9.17, 15) is 24.6 Å². The molecular formula is C22H30O6. The summed E-state index contributed by atoms with van der Waals surface area (Å²) in [7, 11) is 0. The van der Waals surface area contributed by atoms with Crippen LogP contribution in [-0.2, 0) is 19.1 Å². The van der Waals surface area contributed by atoms with E-state index in [4.69, 9.17) is 4.74 Å². The summed E-state index contributed by atoms with van der Waals surface area (Å²) in [5, 5.41) is 22.4. The van der Waals surface area contributed by atoms with Crippen molar-refractivity contribution in [3.05, 3.63) is 12.2 Å². The number of ketones is 2. The lowest BCUT2D eigenvalue weighted by atomic mass is 9.39. The fourth-order valence-corrected chi connectivity index (χ4v) is 7.44. The molecule has 0 amide bonds. The van der Waals surface area contributed by atoms with E-state index in [1.807, 2.05) is 20.8 Å². The van der Waals surface area contributed by atoms with Gasteiger partial charge < -0.3 is 14.9 Å². The maximum absolute atomic E-state index is 13.3. The van der Waals surface area contributed by atoms with Crippen LogP contribution in [0.15, 0.2) is 12.2 Å². The van der Waals surface area contributed by atoms with Gasteiger partial charge >= 0.3 is 5.97 Å². The van der Waals surface area contributed by atoms with Crippen molar-refractivity contribution in [3.8, 4) is 0 Å². The third kappa shape index (κ3) is 2.03. The van der Waals surface area contributed by atoms with Gasteiger partial charge in [0, 0.05) is 30.1 Å². The lowest BCUT2D eigenvalue weighted by Crippen LogP contribution is -2.71. The van der Waals surface area contributed by atoms with E-state index >= 15 is 0 Å². The zero-order chi connectivity index (χ0) is 20.8. The van der Waals surface area contributed by atoms with Gasteiger partial charge in [-0.2, -0.15) is 0 Å². The van der Waals surface area contributed by atoms with Gasteiger partial charge in [-0.3, -0.25) is 14.4 Å². The molecule has 6 heteroatoms. The fourth-order valence-electron chi connectivity index (χ4n) is 7.44. The summed E-state index contributed by atoms with van der Waals surface area (Å²) < 4.78 is 5.66. The van der Waals surface area contributed by atoms with Gasteiger partial charge in [0.2, 0.25) is 0 Å². The number of Topliss-reactive ketones (excluding diaryl/α,β-unsaturated/α-hetero) is 2. The molecule has 8 atom stereocenters. The van der Waals surface area contributed by atoms with Crippen molar-refractivity contribution in [1.82, 2.24) is 0 Å². The molecule has 0 saturated heterocycles. The molecule has 0 aromatic carbocycles. The van der Waals surface area contributed by atoms with Crippen LogP contribution in [-0.4, -0.2) is 46.1 Å². The standard InChI is InChI=1S/C22H30O6/c1-10-12-6-7-13-21(5)14(8-16(25)22(13,18(10)26)19(12)27)20(3,4)15(24)9-17(21)28-11(2)23/h12-14,16-17,19,25,27H,1,6-9H2,2-5H3/t12-,13-,14+,16+,17-,19+,21-,22-/m0/s1. The number of hydrogen-bond donors (Lipinski definition) is 2. The monoisotopic (exact) mass is 390 g/mol. The molecule has 4 fully saturated rings. The van der Waals surface area contributed by atoms with E-state index < -0.39 is 40.5 Å². The predicted molar refractivity (Wildman–Crippen MR) is 100.0 cm³/mol. The van der Waals surface area contributed by atoms with Crippen LogP contribution in [0.1, 0.15) is 53.4 Å². The Bertz CT molecular complexity index is 784. The minimum atomic E-state index is -1.32. The van der Waals surface area contributed by atoms with Crippen molar-refractivity contribution in [1.29, 1.82) is 0 Å². The molecule has 6 nitrogen and oxygen atoms in total. The molecule has 28 heavy (non-hydrogen) atoms. The summed E-state index contributed by atoms with van der Waals surface area (Å²) in [6.07, 6.45) is -1.17. The molecule has 0 unspecified atom stereocenters. The van der Waals surface area contributed by atoms with Crippen molar-refractivity contribution in [2.45, 2.75) is 71.7 Å². The first-order valence-electron chi connectivity index (χ1n) is 10.2. The average Bonchev–Trinajstić information content (AvgIpc) is 2.71. The molecule has 0 radical (unpaired) electrons. The number of ether oxygens (including phenoxy) is 1. The molecule has 0 heterocycles. The lowest BCUT2D eigenvalue weighted by molar-refractivity contribution is -0.249. The molecule has 2 N–H and O–H groups in total. The molecule has 0 aromatic rings. The van der Waals surface area contributed by atoms with Crippen LogP contribution in [0.25, 0.3) is 0 Å². The van der Waals surface area contributed by atoms with Gasteiger partial charge in [0.05, 0.1) is 17.6 Å². The molecular weight excluding hydrogens is 360 g/mol. The number of carbonyl (C=O) groups is 3. The predicted octanol–water partition coefficient (Wildman–Crippen LogP) is 1.82. The number of hydrogen-bond acceptors (Lipinski definition) is 6. The molecule has 154 valence electrons. The minimum absolute atomic E-state index is 0.000711. The highest BCUT2D eigenvalue weighted by Crippen LogP contribution is 2.70. The summed E-state index contributed by atoms with van der Waals surface area (Å²) >= 11 is 0. The van der Waals surface area contributed by atoms with Crippen LogP contribution in [0.3, 0.4) is 0 Å². The molecule has 4 aliphatic carbocycles. The van der Waals surface area contributed by atoms with Gasteiger partial charge in [0.1, 0.15) is 11.9 Å². The first kappa shape index (κ1) is 19.8. The summed E-state index contributed by atoms with van der Waals surface area (Å²) in [5.74, 6) is -1.69. The Labute approximate surface area is 165 Å². The van der Waals surface area contributed by atoms with Gasteiger partial charge in [0.25, 0.3) is 0 Å². The Morgan fingerprint density at radius 2 is 1.79 bits per heavy atom. The van der Waals surface area contributed by atoms with E-state index in [0.29, 0.717) is 18.4 Å². The van der Waals surface area contributed by atoms with Crippen LogP contribution in [0.2, 0.25) is 0 Å². The second kappa shape index (κ2) is 5.76. The Kier molecular flexibility index (Phi) is 4.07. The smallest absolute Gasteiger partial charge is 0.302 e. The average molecular weight is 390 g/mol. The largest absolute Gasteiger partial charge is 0.461 e. The quantitative estimate of drug-likeness (QED) is 0.523. The number of fused-ring (bicyclic) bond motifs is 3. The lowest BCUT2D eigenvalue weighted by Gasteiger charge is -2.66. The second-order valence-corrected chi connectivity index (χ2v) is 10.1. The summed E-state index contributed by atoms with van der Waals surface area (Å²) in [4.78, 5) is 38.1. The second-order valence-electron chi connectivity index (χ2n) is 10.1. The first-order chi connectivity index (χ1) is 12.9. The summed E-state index contributed by atoms with van der Waals surface area (Å²) in [6, 6.07) is 0. The molecule has 2 bridgehead atoms. The Hall–Kier alpha value is -1.53. The highest BCUT2D eigenvalue weighted by Gasteiger charge is 2.76. The van der Waals surface area contributed by atoms with Gasteiger partial charge in [-0.1, -0.05) is 27.4 Å².